The summed E-state index contributed by atoms with van der Waals surface area (Å²) in [6.45, 7) is 2.29. The lowest BCUT2D eigenvalue weighted by Gasteiger charge is -2.03. The highest BCUT2D eigenvalue weighted by molar-refractivity contribution is 7.09. The number of thiazole rings is 1. The zero-order chi connectivity index (χ0) is 15.0. The molecule has 2 heteroatoms. The van der Waals surface area contributed by atoms with E-state index >= 15 is 0 Å². The van der Waals surface area contributed by atoms with E-state index < -0.39 is 0 Å². The molecule has 1 heterocycles. The fourth-order valence-electron chi connectivity index (χ4n) is 2.85. The maximum absolute atomic E-state index is 4.33. The summed E-state index contributed by atoms with van der Waals surface area (Å²) < 4.78 is 0. The smallest absolute Gasteiger partial charge is 0.0924 e. The molecule has 0 radical (unpaired) electrons. The lowest BCUT2D eigenvalue weighted by atomic mass is 10.0. The summed E-state index contributed by atoms with van der Waals surface area (Å²) in [5, 5.41) is 3.40. The molecule has 0 N–H and O–H groups in total. The molecule has 0 bridgehead atoms. The number of aryl methyl sites for hydroxylation is 1. The Morgan fingerprint density at radius 3 is 1.62 bits per heavy atom. The number of aromatic nitrogens is 1. The minimum atomic E-state index is 1.19. The molecular formula is C19H35NS. The van der Waals surface area contributed by atoms with Crippen molar-refractivity contribution < 1.29 is 0 Å². The Kier molecular flexibility index (Phi) is 13.0. The third-order valence-corrected chi connectivity index (χ3v) is 5.07. The number of unbranched alkanes of at least 4 members (excludes halogenated alkanes) is 13. The summed E-state index contributed by atoms with van der Waals surface area (Å²) >= 11 is 1.80. The summed E-state index contributed by atoms with van der Waals surface area (Å²) in [5.74, 6) is 0. The molecule has 0 aliphatic heterocycles. The average molecular weight is 310 g/mol. The van der Waals surface area contributed by atoms with Crippen molar-refractivity contribution in [2.24, 2.45) is 0 Å². The first-order chi connectivity index (χ1) is 10.4. The molecule has 0 saturated carbocycles. The summed E-state index contributed by atoms with van der Waals surface area (Å²) in [7, 11) is 0. The number of hydrogen-bond donors (Lipinski definition) is 0. The average Bonchev–Trinajstić information content (AvgIpc) is 3.01. The second kappa shape index (κ2) is 14.6. The highest BCUT2D eigenvalue weighted by Crippen LogP contribution is 2.14. The molecule has 122 valence electrons. The van der Waals surface area contributed by atoms with Crippen LogP contribution in [-0.4, -0.2) is 4.98 Å². The maximum Gasteiger partial charge on any atom is 0.0924 e. The molecule has 0 atom stereocenters. The first kappa shape index (κ1) is 18.7. The van der Waals surface area contributed by atoms with Gasteiger partial charge in [-0.15, -0.1) is 11.3 Å². The minimum Gasteiger partial charge on any atom is -0.250 e. The molecule has 0 unspecified atom stereocenters. The van der Waals surface area contributed by atoms with Crippen LogP contribution in [0.25, 0.3) is 0 Å². The van der Waals surface area contributed by atoms with Gasteiger partial charge in [-0.2, -0.15) is 0 Å². The highest BCUT2D eigenvalue weighted by atomic mass is 32.1. The molecule has 0 fully saturated rings. The van der Waals surface area contributed by atoms with E-state index in [0.717, 1.165) is 0 Å². The third-order valence-electron chi connectivity index (χ3n) is 4.23. The molecule has 0 saturated heterocycles. The van der Waals surface area contributed by atoms with Crippen LogP contribution in [0.4, 0.5) is 0 Å². The van der Waals surface area contributed by atoms with Gasteiger partial charge in [0.05, 0.1) is 5.01 Å². The van der Waals surface area contributed by atoms with Gasteiger partial charge in [-0.3, -0.25) is 0 Å². The zero-order valence-corrected chi connectivity index (χ0v) is 14.9. The van der Waals surface area contributed by atoms with Crippen molar-refractivity contribution in [1.29, 1.82) is 0 Å². The van der Waals surface area contributed by atoms with Crippen molar-refractivity contribution in [1.82, 2.24) is 4.98 Å². The van der Waals surface area contributed by atoms with Gasteiger partial charge in [0.1, 0.15) is 0 Å². The Morgan fingerprint density at radius 1 is 0.714 bits per heavy atom. The normalized spacial score (nSPS) is 11.1. The quantitative estimate of drug-likeness (QED) is 0.313. The van der Waals surface area contributed by atoms with E-state index in [0.29, 0.717) is 0 Å². The first-order valence-corrected chi connectivity index (χ1v) is 10.2. The highest BCUT2D eigenvalue weighted by Gasteiger charge is 1.96. The van der Waals surface area contributed by atoms with E-state index in [9.17, 15) is 0 Å². The SMILES string of the molecule is CCCCCCCCCCCCCCCCc1nccs1. The fourth-order valence-corrected chi connectivity index (χ4v) is 3.51. The lowest BCUT2D eigenvalue weighted by molar-refractivity contribution is 0.535. The largest absolute Gasteiger partial charge is 0.250 e. The second-order valence-corrected chi connectivity index (χ2v) is 7.25. The first-order valence-electron chi connectivity index (χ1n) is 9.32. The van der Waals surface area contributed by atoms with Gasteiger partial charge in [-0.05, 0) is 12.8 Å². The maximum atomic E-state index is 4.33. The van der Waals surface area contributed by atoms with E-state index in [2.05, 4.69) is 17.3 Å². The fraction of sp³-hybridized carbons (Fsp3) is 0.842. The second-order valence-electron chi connectivity index (χ2n) is 6.27. The topological polar surface area (TPSA) is 12.9 Å². The molecule has 0 aliphatic carbocycles. The van der Waals surface area contributed by atoms with Crippen molar-refractivity contribution in [2.45, 2.75) is 103 Å². The van der Waals surface area contributed by atoms with Crippen LogP contribution in [0.2, 0.25) is 0 Å². The standard InChI is InChI=1S/C19H35NS/c1-2-3-4-5-6-7-8-9-10-11-12-13-14-15-16-19-20-17-18-21-19/h17-18H,2-16H2,1H3. The molecule has 1 aromatic heterocycles. The van der Waals surface area contributed by atoms with Crippen LogP contribution >= 0.6 is 11.3 Å². The van der Waals surface area contributed by atoms with Crippen LogP contribution in [0, 0.1) is 0 Å². The van der Waals surface area contributed by atoms with Crippen molar-refractivity contribution >= 4 is 11.3 Å². The lowest BCUT2D eigenvalue weighted by Crippen LogP contribution is -1.85. The van der Waals surface area contributed by atoms with Crippen LogP contribution in [-0.2, 0) is 6.42 Å². The van der Waals surface area contributed by atoms with E-state index in [1.807, 2.05) is 6.20 Å². The molecular weight excluding hydrogens is 274 g/mol. The number of hydrogen-bond acceptors (Lipinski definition) is 2. The monoisotopic (exact) mass is 309 g/mol. The van der Waals surface area contributed by atoms with Gasteiger partial charge in [0.15, 0.2) is 0 Å². The van der Waals surface area contributed by atoms with Crippen molar-refractivity contribution in [3.05, 3.63) is 16.6 Å². The molecule has 0 aromatic carbocycles. The molecule has 21 heavy (non-hydrogen) atoms. The number of rotatable bonds is 15. The van der Waals surface area contributed by atoms with Crippen LogP contribution in [0.5, 0.6) is 0 Å². The predicted octanol–water partition coefficient (Wildman–Crippen LogP) is 7.17. The van der Waals surface area contributed by atoms with E-state index in [4.69, 9.17) is 0 Å². The van der Waals surface area contributed by atoms with Crippen LogP contribution in [0.1, 0.15) is 102 Å². The molecule has 0 aliphatic rings. The van der Waals surface area contributed by atoms with Gasteiger partial charge in [-0.25, -0.2) is 4.98 Å². The Morgan fingerprint density at radius 2 is 1.19 bits per heavy atom. The molecule has 1 nitrogen and oxygen atoms in total. The van der Waals surface area contributed by atoms with E-state index in [-0.39, 0.29) is 0 Å². The summed E-state index contributed by atoms with van der Waals surface area (Å²) in [6.07, 6.45) is 23.2. The predicted molar refractivity (Wildman–Crippen MR) is 96.1 cm³/mol. The molecule has 1 rings (SSSR count). The minimum absolute atomic E-state index is 1.19. The molecule has 1 aromatic rings. The van der Waals surface area contributed by atoms with Gasteiger partial charge in [0.2, 0.25) is 0 Å². The summed E-state index contributed by atoms with van der Waals surface area (Å²) in [5.41, 5.74) is 0. The zero-order valence-electron chi connectivity index (χ0n) is 14.1. The van der Waals surface area contributed by atoms with Crippen LogP contribution < -0.4 is 0 Å². The van der Waals surface area contributed by atoms with Gasteiger partial charge in [0.25, 0.3) is 0 Å². The van der Waals surface area contributed by atoms with Crippen molar-refractivity contribution in [3.63, 3.8) is 0 Å². The third kappa shape index (κ3) is 11.9. The Bertz CT molecular complexity index is 295. The van der Waals surface area contributed by atoms with Crippen LogP contribution in [0.15, 0.2) is 11.6 Å². The van der Waals surface area contributed by atoms with Crippen molar-refractivity contribution in [2.75, 3.05) is 0 Å². The Labute approximate surface area is 136 Å². The molecule has 0 spiro atoms. The van der Waals surface area contributed by atoms with Gasteiger partial charge in [-0.1, -0.05) is 90.4 Å². The van der Waals surface area contributed by atoms with Gasteiger partial charge < -0.3 is 0 Å². The van der Waals surface area contributed by atoms with Crippen molar-refractivity contribution in [3.8, 4) is 0 Å². The Hall–Kier alpha value is -0.370. The van der Waals surface area contributed by atoms with Gasteiger partial charge in [0, 0.05) is 11.6 Å². The summed E-state index contributed by atoms with van der Waals surface area (Å²) in [6, 6.07) is 0. The van der Waals surface area contributed by atoms with E-state index in [1.54, 1.807) is 11.3 Å². The summed E-state index contributed by atoms with van der Waals surface area (Å²) in [4.78, 5) is 4.33. The molecule has 0 amide bonds. The van der Waals surface area contributed by atoms with E-state index in [1.165, 1.54) is 101 Å². The van der Waals surface area contributed by atoms with Gasteiger partial charge >= 0.3 is 0 Å². The Balaban J connectivity index is 1.69. The van der Waals surface area contributed by atoms with Crippen LogP contribution in [0.3, 0.4) is 0 Å². The number of nitrogens with zero attached hydrogens (tertiary/aromatic N) is 1.